The minimum Gasteiger partial charge on any atom is -0.345 e. The average molecular weight is 490 g/mol. The van der Waals surface area contributed by atoms with Crippen LogP contribution < -0.4 is 10.2 Å². The molecule has 3 heterocycles. The van der Waals surface area contributed by atoms with Crippen LogP contribution in [0.3, 0.4) is 0 Å². The monoisotopic (exact) mass is 489 g/mol. The van der Waals surface area contributed by atoms with Gasteiger partial charge in [-0.3, -0.25) is 9.78 Å². The minimum absolute atomic E-state index is 0.149. The normalized spacial score (nSPS) is 17.8. The Balaban J connectivity index is 1.41. The summed E-state index contributed by atoms with van der Waals surface area (Å²) >= 11 is 0. The van der Waals surface area contributed by atoms with Gasteiger partial charge in [0.05, 0.1) is 17.8 Å². The third-order valence-electron chi connectivity index (χ3n) is 6.68. The first-order valence-corrected chi connectivity index (χ1v) is 11.8. The van der Waals surface area contributed by atoms with E-state index in [9.17, 15) is 18.0 Å². The molecule has 1 saturated carbocycles. The Hall–Kier alpha value is -4.01. The molecule has 6 rings (SSSR count). The molecule has 182 valence electrons. The van der Waals surface area contributed by atoms with Crippen molar-refractivity contribution < 1.29 is 18.0 Å². The molecule has 1 amide bonds. The molecule has 1 N–H and O–H groups in total. The van der Waals surface area contributed by atoms with Crippen LogP contribution in [0.25, 0.3) is 10.9 Å². The number of fused-ring (bicyclic) bond motifs is 2. The maximum absolute atomic E-state index is 13.9. The molecule has 2 aromatic heterocycles. The quantitative estimate of drug-likeness (QED) is 0.398. The first-order valence-electron chi connectivity index (χ1n) is 11.8. The number of alkyl halides is 3. The molecule has 2 aliphatic rings. The largest absolute Gasteiger partial charge is 0.405 e. The van der Waals surface area contributed by atoms with Crippen LogP contribution in [-0.2, 0) is 11.3 Å². The lowest BCUT2D eigenvalue weighted by Crippen LogP contribution is -2.40. The Morgan fingerprint density at radius 3 is 2.53 bits per heavy atom. The van der Waals surface area contributed by atoms with Gasteiger partial charge >= 0.3 is 6.18 Å². The van der Waals surface area contributed by atoms with Crippen LogP contribution in [0.15, 0.2) is 67.0 Å². The lowest BCUT2D eigenvalue weighted by atomic mass is 9.87. The summed E-state index contributed by atoms with van der Waals surface area (Å²) in [4.78, 5) is 28.5. The third kappa shape index (κ3) is 4.36. The third-order valence-corrected chi connectivity index (χ3v) is 6.68. The van der Waals surface area contributed by atoms with E-state index in [-0.39, 0.29) is 18.4 Å². The van der Waals surface area contributed by atoms with E-state index in [4.69, 9.17) is 0 Å². The second-order valence-electron chi connectivity index (χ2n) is 9.25. The van der Waals surface area contributed by atoms with Gasteiger partial charge in [-0.1, -0.05) is 30.3 Å². The van der Waals surface area contributed by atoms with Crippen LogP contribution in [0.2, 0.25) is 0 Å². The lowest BCUT2D eigenvalue weighted by molar-refractivity contribution is -0.120. The number of hydrogen-bond acceptors (Lipinski definition) is 5. The van der Waals surface area contributed by atoms with Crippen LogP contribution in [0.4, 0.5) is 24.8 Å². The van der Waals surface area contributed by atoms with Crippen molar-refractivity contribution in [3.05, 3.63) is 89.4 Å². The first-order chi connectivity index (χ1) is 17.4. The number of hydrogen-bond donors (Lipinski definition) is 1. The number of carbonyl (C=O) groups is 1. The first kappa shape index (κ1) is 22.5. The van der Waals surface area contributed by atoms with E-state index in [0.29, 0.717) is 22.9 Å². The zero-order chi connectivity index (χ0) is 24.9. The standard InChI is InChI=1S/C27H22F3N5O/c28-27(29,30)15-33-26-32-13-20-14-35(21-9-10-22-19(12-21)2-1-11-31-22)25(36)23(24(20)34-26)18-7-5-17(6-8-18)16-3-4-16/h1-2,5-13,16,23H,3-4,14-15H2,(H,32,33,34). The summed E-state index contributed by atoms with van der Waals surface area (Å²) in [6.45, 7) is -1.03. The number of nitrogens with one attached hydrogen (secondary N) is 1. The van der Waals surface area contributed by atoms with Crippen molar-refractivity contribution in [2.45, 2.75) is 37.4 Å². The summed E-state index contributed by atoms with van der Waals surface area (Å²) in [5.41, 5.74) is 4.63. The number of amides is 1. The topological polar surface area (TPSA) is 71.0 Å². The molecule has 4 aromatic rings. The minimum atomic E-state index is -4.41. The van der Waals surface area contributed by atoms with Gasteiger partial charge in [-0.2, -0.15) is 13.2 Å². The van der Waals surface area contributed by atoms with Gasteiger partial charge in [0.15, 0.2) is 0 Å². The lowest BCUT2D eigenvalue weighted by Gasteiger charge is -2.34. The zero-order valence-electron chi connectivity index (χ0n) is 19.2. The fourth-order valence-corrected chi connectivity index (χ4v) is 4.70. The Morgan fingerprint density at radius 1 is 1.00 bits per heavy atom. The zero-order valence-corrected chi connectivity index (χ0v) is 19.2. The molecule has 1 atom stereocenters. The van der Waals surface area contributed by atoms with E-state index in [2.05, 4.69) is 20.3 Å². The predicted molar refractivity (Wildman–Crippen MR) is 130 cm³/mol. The number of rotatable bonds is 5. The van der Waals surface area contributed by atoms with Crippen LogP contribution >= 0.6 is 0 Å². The van der Waals surface area contributed by atoms with Crippen molar-refractivity contribution in [2.75, 3.05) is 16.8 Å². The molecule has 1 aliphatic carbocycles. The number of pyridine rings is 1. The van der Waals surface area contributed by atoms with Crippen molar-refractivity contribution in [1.82, 2.24) is 15.0 Å². The Labute approximate surface area is 205 Å². The van der Waals surface area contributed by atoms with Gasteiger partial charge in [0.25, 0.3) is 0 Å². The van der Waals surface area contributed by atoms with Crippen LogP contribution in [0.5, 0.6) is 0 Å². The van der Waals surface area contributed by atoms with Crippen molar-refractivity contribution in [1.29, 1.82) is 0 Å². The highest BCUT2D eigenvalue weighted by Crippen LogP contribution is 2.41. The molecular formula is C27H22F3N5O. The highest BCUT2D eigenvalue weighted by Gasteiger charge is 2.37. The number of anilines is 2. The molecule has 0 radical (unpaired) electrons. The van der Waals surface area contributed by atoms with E-state index >= 15 is 0 Å². The maximum Gasteiger partial charge on any atom is 0.405 e. The molecule has 1 unspecified atom stereocenters. The number of benzene rings is 2. The van der Waals surface area contributed by atoms with Gasteiger partial charge in [-0.25, -0.2) is 9.97 Å². The number of halogens is 3. The highest BCUT2D eigenvalue weighted by molar-refractivity contribution is 6.02. The summed E-state index contributed by atoms with van der Waals surface area (Å²) in [7, 11) is 0. The molecule has 1 fully saturated rings. The van der Waals surface area contributed by atoms with Crippen LogP contribution in [-0.4, -0.2) is 33.6 Å². The van der Waals surface area contributed by atoms with Crippen molar-refractivity contribution in [2.24, 2.45) is 0 Å². The molecule has 0 saturated heterocycles. The van der Waals surface area contributed by atoms with E-state index < -0.39 is 18.6 Å². The second kappa shape index (κ2) is 8.58. The maximum atomic E-state index is 13.9. The summed E-state index contributed by atoms with van der Waals surface area (Å²) < 4.78 is 38.3. The predicted octanol–water partition coefficient (Wildman–Crippen LogP) is 5.56. The number of carbonyl (C=O) groups excluding carboxylic acids is 1. The van der Waals surface area contributed by atoms with E-state index in [1.165, 1.54) is 11.8 Å². The van der Waals surface area contributed by atoms with Crippen LogP contribution in [0.1, 0.15) is 47.1 Å². The van der Waals surface area contributed by atoms with Gasteiger partial charge in [0, 0.05) is 29.0 Å². The van der Waals surface area contributed by atoms with E-state index in [1.807, 2.05) is 54.6 Å². The fourth-order valence-electron chi connectivity index (χ4n) is 4.70. The Morgan fingerprint density at radius 2 is 1.78 bits per heavy atom. The van der Waals surface area contributed by atoms with Gasteiger partial charge in [0.2, 0.25) is 11.9 Å². The Kier molecular flexibility index (Phi) is 5.35. The molecule has 36 heavy (non-hydrogen) atoms. The fraction of sp³-hybridized carbons (Fsp3) is 0.259. The van der Waals surface area contributed by atoms with Gasteiger partial charge < -0.3 is 10.2 Å². The second-order valence-corrected chi connectivity index (χ2v) is 9.25. The molecule has 1 aliphatic heterocycles. The molecular weight excluding hydrogens is 467 g/mol. The van der Waals surface area contributed by atoms with Crippen LogP contribution in [0, 0.1) is 0 Å². The van der Waals surface area contributed by atoms with E-state index in [1.54, 1.807) is 11.1 Å². The molecule has 9 heteroatoms. The van der Waals surface area contributed by atoms with Crippen molar-refractivity contribution in [3.63, 3.8) is 0 Å². The van der Waals surface area contributed by atoms with E-state index in [0.717, 1.165) is 29.3 Å². The summed E-state index contributed by atoms with van der Waals surface area (Å²) in [5.74, 6) is -0.535. The number of nitrogens with zero attached hydrogens (tertiary/aromatic N) is 4. The molecule has 2 aromatic carbocycles. The summed E-state index contributed by atoms with van der Waals surface area (Å²) in [6.07, 6.45) is 1.14. The summed E-state index contributed by atoms with van der Waals surface area (Å²) in [6, 6.07) is 17.3. The molecule has 0 spiro atoms. The Bertz CT molecular complexity index is 1450. The number of aromatic nitrogens is 3. The summed E-state index contributed by atoms with van der Waals surface area (Å²) in [5, 5.41) is 3.14. The molecule has 6 nitrogen and oxygen atoms in total. The van der Waals surface area contributed by atoms with Gasteiger partial charge in [0.1, 0.15) is 12.5 Å². The van der Waals surface area contributed by atoms with Gasteiger partial charge in [-0.05, 0) is 54.2 Å². The smallest absolute Gasteiger partial charge is 0.345 e. The van der Waals surface area contributed by atoms with Gasteiger partial charge in [-0.15, -0.1) is 0 Å². The molecule has 0 bridgehead atoms. The SMILES string of the molecule is O=C1C(c2ccc(C3CC3)cc2)c2nc(NCC(F)(F)F)ncc2CN1c1ccc2ncccc2c1. The van der Waals surface area contributed by atoms with Crippen molar-refractivity contribution >= 4 is 28.4 Å². The average Bonchev–Trinajstić information content (AvgIpc) is 3.72. The highest BCUT2D eigenvalue weighted by atomic mass is 19.4. The van der Waals surface area contributed by atoms with Crippen molar-refractivity contribution in [3.8, 4) is 0 Å².